The Hall–Kier alpha value is -2.28. The minimum Gasteiger partial charge on any atom is -0.493 e. The first-order valence-electron chi connectivity index (χ1n) is 5.88. The second kappa shape index (κ2) is 6.25. The second-order valence-electron chi connectivity index (χ2n) is 3.96. The molecule has 1 aromatic carbocycles. The molecule has 0 aliphatic rings. The van der Waals surface area contributed by atoms with Crippen LogP contribution in [0.1, 0.15) is 5.69 Å². The lowest BCUT2D eigenvalue weighted by atomic mass is 10.3. The predicted molar refractivity (Wildman–Crippen MR) is 78.4 cm³/mol. The van der Waals surface area contributed by atoms with Crippen LogP contribution < -0.4 is 20.5 Å². The average molecular weight is 293 g/mol. The Morgan fingerprint density at radius 3 is 2.70 bits per heavy atom. The number of carbonyl (C=O) groups is 1. The quantitative estimate of drug-likeness (QED) is 0.881. The van der Waals surface area contributed by atoms with Gasteiger partial charge in [0.1, 0.15) is 5.00 Å². The highest BCUT2D eigenvalue weighted by molar-refractivity contribution is 7.19. The van der Waals surface area contributed by atoms with Crippen molar-refractivity contribution in [3.63, 3.8) is 0 Å². The van der Waals surface area contributed by atoms with Gasteiger partial charge in [-0.15, -0.1) is 0 Å². The third-order valence-corrected chi connectivity index (χ3v) is 3.41. The Morgan fingerprint density at radius 1 is 1.40 bits per heavy atom. The van der Waals surface area contributed by atoms with Crippen molar-refractivity contribution >= 4 is 27.4 Å². The van der Waals surface area contributed by atoms with Crippen molar-refractivity contribution in [3.8, 4) is 11.5 Å². The van der Waals surface area contributed by atoms with Crippen molar-refractivity contribution < 1.29 is 14.3 Å². The molecule has 0 fully saturated rings. The Balaban J connectivity index is 1.92. The number of rotatable bonds is 5. The molecule has 0 unspecified atom stereocenters. The molecule has 0 bridgehead atoms. The van der Waals surface area contributed by atoms with E-state index in [1.54, 1.807) is 32.2 Å². The van der Waals surface area contributed by atoms with Crippen LogP contribution in [0, 0.1) is 6.92 Å². The van der Waals surface area contributed by atoms with Crippen molar-refractivity contribution in [3.05, 3.63) is 30.0 Å². The zero-order valence-electron chi connectivity index (χ0n) is 11.2. The molecule has 106 valence electrons. The van der Waals surface area contributed by atoms with E-state index in [0.717, 1.165) is 0 Å². The lowest BCUT2D eigenvalue weighted by molar-refractivity contribution is -0.118. The van der Waals surface area contributed by atoms with Gasteiger partial charge < -0.3 is 15.2 Å². The van der Waals surface area contributed by atoms with Crippen LogP contribution in [0.5, 0.6) is 11.5 Å². The van der Waals surface area contributed by atoms with E-state index >= 15 is 0 Å². The first-order chi connectivity index (χ1) is 9.60. The molecule has 0 spiro atoms. The molecule has 0 radical (unpaired) electrons. The third kappa shape index (κ3) is 3.39. The number of benzene rings is 1. The van der Waals surface area contributed by atoms with Gasteiger partial charge in [-0.3, -0.25) is 10.1 Å². The smallest absolute Gasteiger partial charge is 0.264 e. The summed E-state index contributed by atoms with van der Waals surface area (Å²) in [6, 6.07) is 7.13. The molecule has 2 rings (SSSR count). The summed E-state index contributed by atoms with van der Waals surface area (Å²) >= 11 is 1.23. The number of nitrogen functional groups attached to an aromatic ring is 1. The van der Waals surface area contributed by atoms with E-state index in [2.05, 4.69) is 10.3 Å². The highest BCUT2D eigenvalue weighted by Crippen LogP contribution is 2.26. The maximum Gasteiger partial charge on any atom is 0.264 e. The number of nitrogens with one attached hydrogen (secondary N) is 1. The number of aromatic nitrogens is 1. The van der Waals surface area contributed by atoms with Gasteiger partial charge in [0.2, 0.25) is 0 Å². The van der Waals surface area contributed by atoms with Crippen molar-refractivity contribution in [1.82, 2.24) is 4.98 Å². The van der Waals surface area contributed by atoms with Gasteiger partial charge in [0.15, 0.2) is 23.2 Å². The summed E-state index contributed by atoms with van der Waals surface area (Å²) in [6.45, 7) is 1.66. The van der Waals surface area contributed by atoms with Gasteiger partial charge in [-0.05, 0) is 19.1 Å². The van der Waals surface area contributed by atoms with E-state index < -0.39 is 0 Å². The van der Waals surface area contributed by atoms with Crippen molar-refractivity contribution in [2.45, 2.75) is 6.92 Å². The molecule has 0 saturated carbocycles. The summed E-state index contributed by atoms with van der Waals surface area (Å²) in [4.78, 5) is 15.9. The number of aryl methyl sites for hydroxylation is 1. The zero-order valence-corrected chi connectivity index (χ0v) is 12.0. The normalized spacial score (nSPS) is 10.1. The number of hydrogen-bond acceptors (Lipinski definition) is 6. The van der Waals surface area contributed by atoms with Gasteiger partial charge in [0.25, 0.3) is 5.91 Å². The number of thiazole rings is 1. The van der Waals surface area contributed by atoms with Gasteiger partial charge in [0.05, 0.1) is 12.8 Å². The Labute approximate surface area is 120 Å². The summed E-state index contributed by atoms with van der Waals surface area (Å²) in [5, 5.41) is 3.69. The lowest BCUT2D eigenvalue weighted by Crippen LogP contribution is -2.20. The zero-order chi connectivity index (χ0) is 14.5. The highest BCUT2D eigenvalue weighted by atomic mass is 32.1. The molecule has 1 aromatic heterocycles. The number of methoxy groups -OCH3 is 1. The van der Waals surface area contributed by atoms with E-state index in [4.69, 9.17) is 15.2 Å². The molecule has 3 N–H and O–H groups in total. The Kier molecular flexibility index (Phi) is 4.41. The first-order valence-corrected chi connectivity index (χ1v) is 6.70. The molecule has 20 heavy (non-hydrogen) atoms. The van der Waals surface area contributed by atoms with Gasteiger partial charge in [-0.2, -0.15) is 0 Å². The van der Waals surface area contributed by atoms with E-state index in [1.165, 1.54) is 11.3 Å². The average Bonchev–Trinajstić information content (AvgIpc) is 2.75. The molecule has 0 saturated heterocycles. The van der Waals surface area contributed by atoms with Crippen LogP contribution in [0.15, 0.2) is 24.3 Å². The highest BCUT2D eigenvalue weighted by Gasteiger charge is 2.10. The van der Waals surface area contributed by atoms with E-state index in [0.29, 0.717) is 27.3 Å². The first kappa shape index (κ1) is 14.1. The fourth-order valence-electron chi connectivity index (χ4n) is 1.50. The maximum absolute atomic E-state index is 11.8. The Bertz CT molecular complexity index is 593. The predicted octanol–water partition coefficient (Wildman–Crippen LogP) is 2.06. The third-order valence-electron chi connectivity index (χ3n) is 2.51. The number of anilines is 2. The number of para-hydroxylation sites is 2. The fourth-order valence-corrected chi connectivity index (χ4v) is 2.25. The second-order valence-corrected chi connectivity index (χ2v) is 4.99. The largest absolute Gasteiger partial charge is 0.493 e. The molecule has 0 aliphatic heterocycles. The minimum atomic E-state index is -0.301. The number of hydrogen-bond donors (Lipinski definition) is 2. The molecular formula is C13H15N3O3S. The van der Waals surface area contributed by atoms with E-state index in [-0.39, 0.29) is 12.5 Å². The number of carbonyl (C=O) groups excluding carboxylic acids is 1. The molecule has 1 heterocycles. The molecule has 1 amide bonds. The van der Waals surface area contributed by atoms with Gasteiger partial charge in [0, 0.05) is 0 Å². The molecule has 6 nitrogen and oxygen atoms in total. The van der Waals surface area contributed by atoms with E-state index in [1.807, 2.05) is 6.07 Å². The summed E-state index contributed by atoms with van der Waals surface area (Å²) in [6.07, 6.45) is 0. The van der Waals surface area contributed by atoms with Gasteiger partial charge in [-0.1, -0.05) is 23.5 Å². The van der Waals surface area contributed by atoms with Crippen molar-refractivity contribution in [1.29, 1.82) is 0 Å². The van der Waals surface area contributed by atoms with Crippen LogP contribution in [0.25, 0.3) is 0 Å². The summed E-state index contributed by atoms with van der Waals surface area (Å²) < 4.78 is 10.5. The minimum absolute atomic E-state index is 0.126. The maximum atomic E-state index is 11.8. The Morgan fingerprint density at radius 2 is 2.10 bits per heavy atom. The SMILES string of the molecule is COc1ccccc1OCC(=O)Nc1nc(C)c(N)s1. The van der Waals surface area contributed by atoms with E-state index in [9.17, 15) is 4.79 Å². The standard InChI is InChI=1S/C13H15N3O3S/c1-8-12(14)20-13(15-8)16-11(17)7-19-10-6-4-3-5-9(10)18-2/h3-6H,7,14H2,1-2H3,(H,15,16,17). The van der Waals surface area contributed by atoms with Crippen LogP contribution in [0.3, 0.4) is 0 Å². The topological polar surface area (TPSA) is 86.5 Å². The van der Waals surface area contributed by atoms with Crippen LogP contribution in [-0.2, 0) is 4.79 Å². The molecule has 0 aliphatic carbocycles. The number of nitrogens with two attached hydrogens (primary N) is 1. The summed E-state index contributed by atoms with van der Waals surface area (Å²) in [5.41, 5.74) is 6.38. The molecule has 0 atom stereocenters. The van der Waals surface area contributed by atoms with Crippen LogP contribution in [-0.4, -0.2) is 24.6 Å². The van der Waals surface area contributed by atoms with Crippen LogP contribution >= 0.6 is 11.3 Å². The van der Waals surface area contributed by atoms with Gasteiger partial charge in [-0.25, -0.2) is 4.98 Å². The van der Waals surface area contributed by atoms with Crippen LogP contribution in [0.4, 0.5) is 10.1 Å². The van der Waals surface area contributed by atoms with Crippen molar-refractivity contribution in [2.24, 2.45) is 0 Å². The molecule has 7 heteroatoms. The molecular weight excluding hydrogens is 278 g/mol. The summed E-state index contributed by atoms with van der Waals surface area (Å²) in [5.74, 6) is 0.791. The van der Waals surface area contributed by atoms with Crippen LogP contribution in [0.2, 0.25) is 0 Å². The van der Waals surface area contributed by atoms with Gasteiger partial charge >= 0.3 is 0 Å². The number of amides is 1. The monoisotopic (exact) mass is 293 g/mol. The lowest BCUT2D eigenvalue weighted by Gasteiger charge is -2.09. The summed E-state index contributed by atoms with van der Waals surface area (Å²) in [7, 11) is 1.55. The number of nitrogens with zero attached hydrogens (tertiary/aromatic N) is 1. The molecule has 2 aromatic rings. The van der Waals surface area contributed by atoms with Crippen molar-refractivity contribution in [2.75, 3.05) is 24.8 Å². The number of ether oxygens (including phenoxy) is 2. The fraction of sp³-hybridized carbons (Fsp3) is 0.231.